The first-order valence-corrected chi connectivity index (χ1v) is 10.1. The number of nitrogens with one attached hydrogen (secondary N) is 2. The van der Waals surface area contributed by atoms with Gasteiger partial charge in [-0.25, -0.2) is 10.9 Å². The number of aromatic hydroxyl groups is 1. The minimum atomic E-state index is -0.155. The van der Waals surface area contributed by atoms with Crippen molar-refractivity contribution in [3.8, 4) is 5.75 Å². The SMILES string of the molecule is O=C(CCCCCCCC(=O)NN=Cc1ccccc1O)NN=Cc1ccccc1. The van der Waals surface area contributed by atoms with Gasteiger partial charge in [0.1, 0.15) is 5.75 Å². The number of amides is 2. The van der Waals surface area contributed by atoms with Gasteiger partial charge in [0.25, 0.3) is 0 Å². The number of phenols is 1. The third-order valence-corrected chi connectivity index (χ3v) is 4.34. The first kappa shape index (κ1) is 22.8. The molecule has 2 aromatic rings. The normalized spacial score (nSPS) is 11.1. The fraction of sp³-hybridized carbons (Fsp3) is 0.304. The summed E-state index contributed by atoms with van der Waals surface area (Å²) < 4.78 is 0. The molecule has 0 spiro atoms. The molecule has 0 aliphatic rings. The molecule has 0 radical (unpaired) electrons. The lowest BCUT2D eigenvalue weighted by Gasteiger charge is -2.02. The number of hydrogen-bond acceptors (Lipinski definition) is 5. The molecule has 30 heavy (non-hydrogen) atoms. The zero-order valence-corrected chi connectivity index (χ0v) is 17.0. The largest absolute Gasteiger partial charge is 0.507 e. The van der Waals surface area contributed by atoms with Crippen LogP contribution in [0.1, 0.15) is 56.1 Å². The van der Waals surface area contributed by atoms with Gasteiger partial charge < -0.3 is 5.11 Å². The van der Waals surface area contributed by atoms with Crippen LogP contribution >= 0.6 is 0 Å². The van der Waals surface area contributed by atoms with Crippen molar-refractivity contribution < 1.29 is 14.7 Å². The van der Waals surface area contributed by atoms with Gasteiger partial charge in [-0.2, -0.15) is 10.2 Å². The van der Waals surface area contributed by atoms with Crippen molar-refractivity contribution in [1.29, 1.82) is 0 Å². The molecule has 0 heterocycles. The van der Waals surface area contributed by atoms with Crippen LogP contribution < -0.4 is 10.9 Å². The van der Waals surface area contributed by atoms with Crippen molar-refractivity contribution in [2.75, 3.05) is 0 Å². The molecule has 0 fully saturated rings. The van der Waals surface area contributed by atoms with Gasteiger partial charge in [-0.1, -0.05) is 61.7 Å². The average molecular weight is 409 g/mol. The van der Waals surface area contributed by atoms with E-state index in [4.69, 9.17) is 0 Å². The van der Waals surface area contributed by atoms with Gasteiger partial charge in [0.2, 0.25) is 11.8 Å². The highest BCUT2D eigenvalue weighted by molar-refractivity contribution is 5.85. The van der Waals surface area contributed by atoms with Crippen LogP contribution in [-0.4, -0.2) is 29.4 Å². The zero-order chi connectivity index (χ0) is 21.4. The smallest absolute Gasteiger partial charge is 0.240 e. The van der Waals surface area contributed by atoms with Crippen molar-refractivity contribution >= 4 is 24.2 Å². The molecule has 7 nitrogen and oxygen atoms in total. The predicted molar refractivity (Wildman–Crippen MR) is 118 cm³/mol. The number of hydrogen-bond donors (Lipinski definition) is 3. The highest BCUT2D eigenvalue weighted by Crippen LogP contribution is 2.12. The molecule has 2 amide bonds. The van der Waals surface area contributed by atoms with Crippen molar-refractivity contribution in [2.45, 2.75) is 44.9 Å². The fourth-order valence-corrected chi connectivity index (χ4v) is 2.70. The molecule has 0 unspecified atom stereocenters. The molecule has 0 bridgehead atoms. The molecule has 0 aliphatic carbocycles. The van der Waals surface area contributed by atoms with Gasteiger partial charge in [-0.3, -0.25) is 9.59 Å². The molecule has 158 valence electrons. The second-order valence-corrected chi connectivity index (χ2v) is 6.82. The minimum Gasteiger partial charge on any atom is -0.507 e. The van der Waals surface area contributed by atoms with Crippen molar-refractivity contribution in [1.82, 2.24) is 10.9 Å². The van der Waals surface area contributed by atoms with Gasteiger partial charge in [0.05, 0.1) is 12.4 Å². The van der Waals surface area contributed by atoms with E-state index in [0.29, 0.717) is 18.4 Å². The van der Waals surface area contributed by atoms with E-state index in [2.05, 4.69) is 21.1 Å². The predicted octanol–water partition coefficient (Wildman–Crippen LogP) is 3.72. The maximum atomic E-state index is 11.7. The van der Waals surface area contributed by atoms with Crippen molar-refractivity contribution in [3.05, 3.63) is 65.7 Å². The number of benzene rings is 2. The van der Waals surface area contributed by atoms with Crippen LogP contribution in [0, 0.1) is 0 Å². The van der Waals surface area contributed by atoms with E-state index >= 15 is 0 Å². The van der Waals surface area contributed by atoms with Crippen molar-refractivity contribution in [3.63, 3.8) is 0 Å². The topological polar surface area (TPSA) is 103 Å². The van der Waals surface area contributed by atoms with Crippen LogP contribution in [0.3, 0.4) is 0 Å². The van der Waals surface area contributed by atoms with Crippen LogP contribution in [0.4, 0.5) is 0 Å². The summed E-state index contributed by atoms with van der Waals surface area (Å²) in [5, 5.41) is 17.4. The summed E-state index contributed by atoms with van der Waals surface area (Å²) in [6.45, 7) is 0. The summed E-state index contributed by atoms with van der Waals surface area (Å²) in [6, 6.07) is 16.3. The molecule has 0 atom stereocenters. The summed E-state index contributed by atoms with van der Waals surface area (Å²) in [5.41, 5.74) is 6.48. The van der Waals surface area contributed by atoms with E-state index in [1.165, 1.54) is 6.21 Å². The molecule has 0 saturated carbocycles. The fourth-order valence-electron chi connectivity index (χ4n) is 2.70. The molecule has 0 aromatic heterocycles. The summed E-state index contributed by atoms with van der Waals surface area (Å²) >= 11 is 0. The Morgan fingerprint density at radius 2 is 1.27 bits per heavy atom. The zero-order valence-electron chi connectivity index (χ0n) is 17.0. The van der Waals surface area contributed by atoms with E-state index in [9.17, 15) is 14.7 Å². The van der Waals surface area contributed by atoms with E-state index in [0.717, 1.165) is 37.7 Å². The second kappa shape index (κ2) is 13.7. The molecule has 7 heteroatoms. The van der Waals surface area contributed by atoms with E-state index in [-0.39, 0.29) is 17.6 Å². The maximum absolute atomic E-state index is 11.7. The van der Waals surface area contributed by atoms with Crippen LogP contribution in [0.15, 0.2) is 64.8 Å². The summed E-state index contributed by atoms with van der Waals surface area (Å²) in [6.07, 6.45) is 8.26. The monoisotopic (exact) mass is 408 g/mol. The molecular formula is C23H28N4O3. The maximum Gasteiger partial charge on any atom is 0.240 e. The van der Waals surface area contributed by atoms with Gasteiger partial charge in [0.15, 0.2) is 0 Å². The van der Waals surface area contributed by atoms with Gasteiger partial charge in [-0.15, -0.1) is 0 Å². The Labute approximate surface area is 176 Å². The number of nitrogens with zero attached hydrogens (tertiary/aromatic N) is 2. The Morgan fingerprint density at radius 1 is 0.733 bits per heavy atom. The summed E-state index contributed by atoms with van der Waals surface area (Å²) in [4.78, 5) is 23.5. The Balaban J connectivity index is 1.46. The number of rotatable bonds is 12. The third-order valence-electron chi connectivity index (χ3n) is 4.34. The number of para-hydroxylation sites is 1. The number of hydrazone groups is 2. The molecule has 2 rings (SSSR count). The average Bonchev–Trinajstić information content (AvgIpc) is 2.75. The second-order valence-electron chi connectivity index (χ2n) is 6.82. The Bertz CT molecular complexity index is 851. The van der Waals surface area contributed by atoms with Gasteiger partial charge >= 0.3 is 0 Å². The number of unbranched alkanes of at least 4 members (excludes halogenated alkanes) is 4. The van der Waals surface area contributed by atoms with E-state index < -0.39 is 0 Å². The number of phenolic OH excluding ortho intramolecular Hbond substituents is 1. The van der Waals surface area contributed by atoms with Crippen LogP contribution in [0.5, 0.6) is 5.75 Å². The van der Waals surface area contributed by atoms with E-state index in [1.807, 2.05) is 30.3 Å². The highest BCUT2D eigenvalue weighted by Gasteiger charge is 2.02. The molecular weight excluding hydrogens is 380 g/mol. The molecule has 0 saturated heterocycles. The molecule has 0 aliphatic heterocycles. The first-order chi connectivity index (χ1) is 14.6. The van der Waals surface area contributed by atoms with Gasteiger partial charge in [-0.05, 0) is 30.5 Å². The van der Waals surface area contributed by atoms with Gasteiger partial charge in [0, 0.05) is 18.4 Å². The van der Waals surface area contributed by atoms with Crippen LogP contribution in [0.2, 0.25) is 0 Å². The Kier molecular flexibility index (Phi) is 10.4. The summed E-state index contributed by atoms with van der Waals surface area (Å²) in [7, 11) is 0. The van der Waals surface area contributed by atoms with Crippen LogP contribution in [-0.2, 0) is 9.59 Å². The Hall–Kier alpha value is -3.48. The standard InChI is InChI=1S/C23H28N4O3/c28-21-14-10-9-13-20(21)18-25-27-23(30)16-8-3-1-2-7-15-22(29)26-24-17-19-11-5-4-6-12-19/h4-6,9-14,17-18,28H,1-3,7-8,15-16H2,(H,26,29)(H,27,30). The first-order valence-electron chi connectivity index (χ1n) is 10.1. The summed E-state index contributed by atoms with van der Waals surface area (Å²) in [5.74, 6) is -0.131. The molecule has 2 aromatic carbocycles. The van der Waals surface area contributed by atoms with Crippen molar-refractivity contribution in [2.24, 2.45) is 10.2 Å². The lowest BCUT2D eigenvalue weighted by molar-refractivity contribution is -0.121. The molecule has 3 N–H and O–H groups in total. The quantitative estimate of drug-likeness (QED) is 0.283. The number of carbonyl (C=O) groups excluding carboxylic acids is 2. The Morgan fingerprint density at radius 3 is 1.90 bits per heavy atom. The lowest BCUT2D eigenvalue weighted by Crippen LogP contribution is -2.17. The minimum absolute atomic E-state index is 0.0936. The van der Waals surface area contributed by atoms with E-state index in [1.54, 1.807) is 30.5 Å². The third kappa shape index (κ3) is 9.64. The number of carbonyl (C=O) groups is 2. The van der Waals surface area contributed by atoms with Crippen LogP contribution in [0.25, 0.3) is 0 Å². The lowest BCUT2D eigenvalue weighted by atomic mass is 10.1. The highest BCUT2D eigenvalue weighted by atomic mass is 16.3.